The highest BCUT2D eigenvalue weighted by atomic mass is 35.5. The predicted octanol–water partition coefficient (Wildman–Crippen LogP) is 7.40. The molecule has 1 spiro atoms. The molecule has 3 aromatic rings. The summed E-state index contributed by atoms with van der Waals surface area (Å²) in [6.45, 7) is 4.61. The second kappa shape index (κ2) is 13.0. The topological polar surface area (TPSA) is 71.1 Å². The number of carbonyl (C=O) groups is 2. The molecule has 3 fully saturated rings. The number of anilines is 1. The second-order valence-electron chi connectivity index (χ2n) is 13.3. The third-order valence-electron chi connectivity index (χ3n) is 10.9. The summed E-state index contributed by atoms with van der Waals surface area (Å²) in [7, 11) is 1.45. The van der Waals surface area contributed by atoms with Gasteiger partial charge in [-0.1, -0.05) is 53.5 Å². The Balaban J connectivity index is 1.35. The first-order valence-corrected chi connectivity index (χ1v) is 17.4. The summed E-state index contributed by atoms with van der Waals surface area (Å²) in [5, 5.41) is 3.71. The van der Waals surface area contributed by atoms with Gasteiger partial charge in [-0.3, -0.25) is 19.4 Å². The molecule has 2 saturated heterocycles. The minimum absolute atomic E-state index is 0.0393. The van der Waals surface area contributed by atoms with Crippen LogP contribution in [0.4, 0.5) is 10.1 Å². The number of ether oxygens (including phenoxy) is 2. The van der Waals surface area contributed by atoms with Gasteiger partial charge in [0.15, 0.2) is 0 Å². The zero-order valence-electron chi connectivity index (χ0n) is 26.7. The molecule has 10 heteroatoms. The van der Waals surface area contributed by atoms with Crippen molar-refractivity contribution >= 4 is 40.8 Å². The van der Waals surface area contributed by atoms with Crippen LogP contribution in [0.25, 0.3) is 0 Å². The van der Waals surface area contributed by atoms with Crippen molar-refractivity contribution in [3.63, 3.8) is 0 Å². The fourth-order valence-electron chi connectivity index (χ4n) is 9.01. The summed E-state index contributed by atoms with van der Waals surface area (Å²) < 4.78 is 27.2. The number of nitrogens with zero attached hydrogens (tertiary/aromatic N) is 2. The zero-order valence-corrected chi connectivity index (χ0v) is 28.2. The number of halogens is 3. The number of carbonyl (C=O) groups excluding carboxylic acids is 2. The summed E-state index contributed by atoms with van der Waals surface area (Å²) in [5.74, 6) is -0.265. The Morgan fingerprint density at radius 1 is 1.04 bits per heavy atom. The number of benzene rings is 3. The van der Waals surface area contributed by atoms with Crippen LogP contribution in [-0.2, 0) is 26.4 Å². The van der Waals surface area contributed by atoms with Gasteiger partial charge in [-0.2, -0.15) is 0 Å². The van der Waals surface area contributed by atoms with Crippen LogP contribution >= 0.6 is 23.2 Å². The van der Waals surface area contributed by atoms with E-state index in [1.807, 2.05) is 37.3 Å². The maximum atomic E-state index is 16.4. The Kier molecular flexibility index (Phi) is 8.98. The summed E-state index contributed by atoms with van der Waals surface area (Å²) in [6.07, 6.45) is 4.27. The van der Waals surface area contributed by atoms with Crippen molar-refractivity contribution in [1.29, 1.82) is 0 Å². The number of hydrogen-bond donors (Lipinski definition) is 1. The average Bonchev–Trinajstić information content (AvgIpc) is 3.69. The van der Waals surface area contributed by atoms with Crippen LogP contribution in [0, 0.1) is 17.7 Å². The monoisotopic (exact) mass is 679 g/mol. The van der Waals surface area contributed by atoms with Gasteiger partial charge in [0.1, 0.15) is 17.1 Å². The number of likely N-dealkylation sites (tertiary alicyclic amines) is 2. The zero-order chi connectivity index (χ0) is 32.9. The standard InChI is InChI=1S/C37H40Cl2FN3O4/c1-3-47-26-7-4-6-23(18-26)21-43-31-16-17-42(20-22-10-12-24(13-11-22)35(44)46-2)34(31)32(27-8-5-9-29(39)33(27)40)37(43)28-15-14-25(38)19-30(28)41-36(37)45/h4-9,14-15,18-19,22,24,31-32,34H,3,10-13,16-17,20-21H2,1-2H3,(H,41,45)/t22?,24?,31-,32-,34+,37+/m0/s1. The van der Waals surface area contributed by atoms with E-state index >= 15 is 4.39 Å². The molecule has 47 heavy (non-hydrogen) atoms. The molecule has 3 heterocycles. The highest BCUT2D eigenvalue weighted by molar-refractivity contribution is 6.31. The van der Waals surface area contributed by atoms with Crippen molar-refractivity contribution in [2.45, 2.75) is 69.1 Å². The van der Waals surface area contributed by atoms with E-state index in [1.165, 1.54) is 7.11 Å². The molecular formula is C37H40Cl2FN3O4. The lowest BCUT2D eigenvalue weighted by Crippen LogP contribution is -2.52. The molecule has 1 N–H and O–H groups in total. The number of esters is 1. The van der Waals surface area contributed by atoms with E-state index in [2.05, 4.69) is 21.2 Å². The molecule has 4 aliphatic rings. The smallest absolute Gasteiger partial charge is 0.308 e. The predicted molar refractivity (Wildman–Crippen MR) is 180 cm³/mol. The van der Waals surface area contributed by atoms with E-state index in [0.29, 0.717) is 35.3 Å². The number of methoxy groups -OCH3 is 1. The molecule has 3 aromatic carbocycles. The third kappa shape index (κ3) is 5.51. The van der Waals surface area contributed by atoms with Gasteiger partial charge in [0.2, 0.25) is 5.91 Å². The van der Waals surface area contributed by atoms with Gasteiger partial charge in [0, 0.05) is 53.9 Å². The van der Waals surface area contributed by atoms with Crippen LogP contribution < -0.4 is 10.1 Å². The molecular weight excluding hydrogens is 640 g/mol. The lowest BCUT2D eigenvalue weighted by atomic mass is 9.73. The van der Waals surface area contributed by atoms with Gasteiger partial charge >= 0.3 is 5.97 Å². The first kappa shape index (κ1) is 32.4. The largest absolute Gasteiger partial charge is 0.494 e. The second-order valence-corrected chi connectivity index (χ2v) is 14.2. The van der Waals surface area contributed by atoms with E-state index < -0.39 is 17.3 Å². The Morgan fingerprint density at radius 3 is 2.60 bits per heavy atom. The number of hydrogen-bond acceptors (Lipinski definition) is 6. The highest BCUT2D eigenvalue weighted by Crippen LogP contribution is 2.61. The molecule has 248 valence electrons. The van der Waals surface area contributed by atoms with Crippen molar-refractivity contribution in [1.82, 2.24) is 9.80 Å². The van der Waals surface area contributed by atoms with Gasteiger partial charge in [-0.15, -0.1) is 0 Å². The molecule has 4 atom stereocenters. The van der Waals surface area contributed by atoms with Crippen molar-refractivity contribution in [3.05, 3.63) is 93.2 Å². The van der Waals surface area contributed by atoms with E-state index in [0.717, 1.165) is 62.1 Å². The molecule has 0 unspecified atom stereocenters. The summed E-state index contributed by atoms with van der Waals surface area (Å²) in [5.41, 5.74) is 1.68. The normalized spacial score (nSPS) is 28.7. The van der Waals surface area contributed by atoms with Crippen molar-refractivity contribution in [2.75, 3.05) is 32.1 Å². The fraction of sp³-hybridized carbons (Fsp3) is 0.459. The third-order valence-corrected chi connectivity index (χ3v) is 11.4. The Bertz CT molecular complexity index is 1680. The van der Waals surface area contributed by atoms with Gasteiger partial charge in [-0.05, 0) is 86.4 Å². The van der Waals surface area contributed by atoms with Crippen LogP contribution in [0.2, 0.25) is 10.0 Å². The van der Waals surface area contributed by atoms with Crippen LogP contribution in [-0.4, -0.2) is 60.6 Å². The minimum atomic E-state index is -1.22. The van der Waals surface area contributed by atoms with Crippen molar-refractivity contribution in [3.8, 4) is 5.75 Å². The molecule has 7 nitrogen and oxygen atoms in total. The van der Waals surface area contributed by atoms with Gasteiger partial charge in [0.05, 0.1) is 24.7 Å². The first-order chi connectivity index (χ1) is 22.8. The Hall–Kier alpha value is -3.17. The SMILES string of the molecule is CCOc1cccc(CN2[C@H]3CCN(CC4CCC(C(=O)OC)CC4)[C@H]3[C@H](c3cccc(Cl)c3F)[C@]23C(=O)Nc2cc(Cl)ccc23)c1. The van der Waals surface area contributed by atoms with E-state index in [9.17, 15) is 9.59 Å². The highest BCUT2D eigenvalue weighted by Gasteiger charge is 2.69. The first-order valence-electron chi connectivity index (χ1n) is 16.6. The van der Waals surface area contributed by atoms with Gasteiger partial charge in [-0.25, -0.2) is 4.39 Å². The Morgan fingerprint density at radius 2 is 1.83 bits per heavy atom. The van der Waals surface area contributed by atoms with Crippen molar-refractivity contribution < 1.29 is 23.5 Å². The van der Waals surface area contributed by atoms with E-state index in [4.69, 9.17) is 32.7 Å². The molecule has 7 rings (SSSR count). The Labute approximate surface area is 285 Å². The quantitative estimate of drug-likeness (QED) is 0.250. The maximum Gasteiger partial charge on any atom is 0.308 e. The summed E-state index contributed by atoms with van der Waals surface area (Å²) in [4.78, 5) is 31.8. The molecule has 0 bridgehead atoms. The lowest BCUT2D eigenvalue weighted by molar-refractivity contribution is -0.146. The minimum Gasteiger partial charge on any atom is -0.494 e. The molecule has 3 aliphatic heterocycles. The van der Waals surface area contributed by atoms with Gasteiger partial charge in [0.25, 0.3) is 0 Å². The molecule has 0 aromatic heterocycles. The molecule has 1 amide bonds. The average molecular weight is 681 g/mol. The van der Waals surface area contributed by atoms with Crippen LogP contribution in [0.3, 0.4) is 0 Å². The van der Waals surface area contributed by atoms with Crippen LogP contribution in [0.1, 0.15) is 61.6 Å². The number of fused-ring (bicyclic) bond motifs is 3. The summed E-state index contributed by atoms with van der Waals surface area (Å²) in [6, 6.07) is 18.4. The molecule has 1 saturated carbocycles. The van der Waals surface area contributed by atoms with Crippen LogP contribution in [0.5, 0.6) is 5.75 Å². The number of rotatable bonds is 8. The lowest BCUT2D eigenvalue weighted by Gasteiger charge is -2.41. The fourth-order valence-corrected chi connectivity index (χ4v) is 9.36. The molecule has 1 aliphatic carbocycles. The van der Waals surface area contributed by atoms with Gasteiger partial charge < -0.3 is 14.8 Å². The summed E-state index contributed by atoms with van der Waals surface area (Å²) >= 11 is 12.9. The number of nitrogens with one attached hydrogen (secondary N) is 1. The van der Waals surface area contributed by atoms with E-state index in [-0.39, 0.29) is 34.9 Å². The van der Waals surface area contributed by atoms with Crippen LogP contribution in [0.15, 0.2) is 60.7 Å². The maximum absolute atomic E-state index is 16.4. The molecule has 0 radical (unpaired) electrons. The van der Waals surface area contributed by atoms with E-state index in [1.54, 1.807) is 24.3 Å². The number of amides is 1. The van der Waals surface area contributed by atoms with Crippen molar-refractivity contribution in [2.24, 2.45) is 11.8 Å².